The molecule has 0 aliphatic rings. The summed E-state index contributed by atoms with van der Waals surface area (Å²) in [6.07, 6.45) is 0.267. The van der Waals surface area contributed by atoms with Crippen LogP contribution >= 0.6 is 11.8 Å². The summed E-state index contributed by atoms with van der Waals surface area (Å²) in [6, 6.07) is 5.42. The number of nitrogens with zero attached hydrogens (tertiary/aromatic N) is 4. The molecule has 0 aliphatic heterocycles. The fraction of sp³-hybridized carbons (Fsp3) is 0.400. The van der Waals surface area contributed by atoms with E-state index in [4.69, 9.17) is 9.47 Å². The molecule has 1 N–H and O–H groups in total. The number of hydrogen-bond acceptors (Lipinski definition) is 7. The van der Waals surface area contributed by atoms with E-state index >= 15 is 0 Å². The Kier molecular flexibility index (Phi) is 6.74. The van der Waals surface area contributed by atoms with Crippen LogP contribution in [0.1, 0.15) is 12.0 Å². The van der Waals surface area contributed by atoms with Gasteiger partial charge in [-0.2, -0.15) is 0 Å². The maximum atomic E-state index is 12.3. The van der Waals surface area contributed by atoms with E-state index < -0.39 is 11.2 Å². The smallest absolute Gasteiger partial charge is 0.332 e. The number of hydrogen-bond donors (Lipinski definition) is 1. The molecule has 0 bridgehead atoms. The molecule has 166 valence electrons. The third kappa shape index (κ3) is 4.46. The SMILES string of the molecule is COc1ccc(CNC(=O)CCSc2nc3c(=O)n(C)c(=O)n(C)c3n2C)c(OC)c1. The summed E-state index contributed by atoms with van der Waals surface area (Å²) in [4.78, 5) is 41.1. The van der Waals surface area contributed by atoms with Gasteiger partial charge in [0.2, 0.25) is 5.91 Å². The van der Waals surface area contributed by atoms with Crippen molar-refractivity contribution >= 4 is 28.8 Å². The van der Waals surface area contributed by atoms with Gasteiger partial charge in [-0.1, -0.05) is 11.8 Å². The lowest BCUT2D eigenvalue weighted by Gasteiger charge is -2.11. The zero-order valence-electron chi connectivity index (χ0n) is 18.1. The molecule has 0 aliphatic carbocycles. The second-order valence-corrected chi connectivity index (χ2v) is 7.95. The monoisotopic (exact) mass is 447 g/mol. The lowest BCUT2D eigenvalue weighted by Crippen LogP contribution is -2.37. The molecule has 0 radical (unpaired) electrons. The normalized spacial score (nSPS) is 11.0. The van der Waals surface area contributed by atoms with Crippen LogP contribution in [0, 0.1) is 0 Å². The molecule has 2 heterocycles. The maximum absolute atomic E-state index is 12.3. The highest BCUT2D eigenvalue weighted by Crippen LogP contribution is 2.24. The average Bonchev–Trinajstić information content (AvgIpc) is 3.10. The third-order valence-electron chi connectivity index (χ3n) is 4.95. The minimum absolute atomic E-state index is 0.118. The van der Waals surface area contributed by atoms with Gasteiger partial charge < -0.3 is 19.4 Å². The number of aryl methyl sites for hydroxylation is 2. The lowest BCUT2D eigenvalue weighted by molar-refractivity contribution is -0.120. The molecule has 1 amide bonds. The Labute approximate surface area is 182 Å². The van der Waals surface area contributed by atoms with Crippen LogP contribution in [0.4, 0.5) is 0 Å². The van der Waals surface area contributed by atoms with Gasteiger partial charge in [0.1, 0.15) is 11.5 Å². The second-order valence-electron chi connectivity index (χ2n) is 6.88. The van der Waals surface area contributed by atoms with Crippen LogP contribution in [0.3, 0.4) is 0 Å². The Bertz CT molecular complexity index is 1240. The van der Waals surface area contributed by atoms with E-state index in [0.29, 0.717) is 34.6 Å². The molecule has 0 saturated heterocycles. The van der Waals surface area contributed by atoms with E-state index in [2.05, 4.69) is 10.3 Å². The largest absolute Gasteiger partial charge is 0.497 e. The number of nitrogens with one attached hydrogen (secondary N) is 1. The number of carbonyl (C=O) groups is 1. The van der Waals surface area contributed by atoms with Crippen molar-refractivity contribution in [1.29, 1.82) is 0 Å². The Morgan fingerprint density at radius 3 is 2.52 bits per heavy atom. The molecule has 0 unspecified atom stereocenters. The molecular formula is C20H25N5O5S. The van der Waals surface area contributed by atoms with Gasteiger partial charge in [-0.15, -0.1) is 0 Å². The lowest BCUT2D eigenvalue weighted by atomic mass is 10.2. The number of rotatable bonds is 8. The number of imidazole rings is 1. The van der Waals surface area contributed by atoms with Crippen molar-refractivity contribution in [3.63, 3.8) is 0 Å². The van der Waals surface area contributed by atoms with Crippen molar-refractivity contribution in [2.75, 3.05) is 20.0 Å². The summed E-state index contributed by atoms with van der Waals surface area (Å²) in [7, 11) is 7.91. The van der Waals surface area contributed by atoms with Crippen LogP contribution < -0.4 is 26.0 Å². The zero-order valence-corrected chi connectivity index (χ0v) is 18.9. The molecule has 3 aromatic rings. The van der Waals surface area contributed by atoms with Crippen LogP contribution in [0.2, 0.25) is 0 Å². The van der Waals surface area contributed by atoms with Gasteiger partial charge in [-0.3, -0.25) is 18.7 Å². The van der Waals surface area contributed by atoms with E-state index in [1.54, 1.807) is 38.9 Å². The first-order chi connectivity index (χ1) is 14.8. The van der Waals surface area contributed by atoms with E-state index in [1.807, 2.05) is 12.1 Å². The van der Waals surface area contributed by atoms with E-state index in [0.717, 1.165) is 10.1 Å². The van der Waals surface area contributed by atoms with Gasteiger partial charge in [-0.05, 0) is 12.1 Å². The van der Waals surface area contributed by atoms with Gasteiger partial charge in [0.15, 0.2) is 16.3 Å². The van der Waals surface area contributed by atoms with Crippen LogP contribution in [-0.4, -0.2) is 44.6 Å². The van der Waals surface area contributed by atoms with Gasteiger partial charge in [0.25, 0.3) is 5.56 Å². The molecule has 0 fully saturated rings. The van der Waals surface area contributed by atoms with E-state index in [1.165, 1.54) is 23.4 Å². The van der Waals surface area contributed by atoms with Crippen LogP contribution in [0.25, 0.3) is 11.2 Å². The first kappa shape index (κ1) is 22.5. The standard InChI is InChI=1S/C20H25N5O5S/c1-23-17-16(18(27)25(3)20(28)24(17)2)22-19(23)31-9-8-15(26)21-11-12-6-7-13(29-4)10-14(12)30-5/h6-7,10H,8-9,11H2,1-5H3,(H,21,26). The number of thioether (sulfide) groups is 1. The van der Waals surface area contributed by atoms with E-state index in [9.17, 15) is 14.4 Å². The van der Waals surface area contributed by atoms with Gasteiger partial charge in [-0.25, -0.2) is 9.78 Å². The summed E-state index contributed by atoms with van der Waals surface area (Å²) in [6.45, 7) is 0.334. The number of fused-ring (bicyclic) bond motifs is 1. The number of amides is 1. The second kappa shape index (κ2) is 9.29. The van der Waals surface area contributed by atoms with Gasteiger partial charge in [0.05, 0.1) is 14.2 Å². The predicted octanol–water partition coefficient (Wildman–Crippen LogP) is 0.786. The van der Waals surface area contributed by atoms with Crippen molar-refractivity contribution < 1.29 is 14.3 Å². The first-order valence-electron chi connectivity index (χ1n) is 9.51. The highest BCUT2D eigenvalue weighted by molar-refractivity contribution is 7.99. The third-order valence-corrected chi connectivity index (χ3v) is 5.98. The molecule has 1 aromatic carbocycles. The Hall–Kier alpha value is -3.21. The Morgan fingerprint density at radius 1 is 1.10 bits per heavy atom. The number of ether oxygens (including phenoxy) is 2. The molecular weight excluding hydrogens is 422 g/mol. The number of methoxy groups -OCH3 is 2. The quantitative estimate of drug-likeness (QED) is 0.509. The predicted molar refractivity (Wildman–Crippen MR) is 118 cm³/mol. The molecule has 3 rings (SSSR count). The highest BCUT2D eigenvalue weighted by Gasteiger charge is 2.17. The van der Waals surface area contributed by atoms with Gasteiger partial charge in [0, 0.05) is 51.5 Å². The fourth-order valence-electron chi connectivity index (χ4n) is 3.20. The van der Waals surface area contributed by atoms with Crippen LogP contribution in [-0.2, 0) is 32.5 Å². The maximum Gasteiger partial charge on any atom is 0.332 e. The van der Waals surface area contributed by atoms with Crippen molar-refractivity contribution in [2.24, 2.45) is 21.1 Å². The Balaban J connectivity index is 1.62. The average molecular weight is 448 g/mol. The number of aromatic nitrogens is 4. The van der Waals surface area contributed by atoms with E-state index in [-0.39, 0.29) is 17.8 Å². The molecule has 0 saturated carbocycles. The summed E-state index contributed by atoms with van der Waals surface area (Å²) in [5.74, 6) is 1.67. The van der Waals surface area contributed by atoms with Crippen molar-refractivity contribution in [3.8, 4) is 11.5 Å². The highest BCUT2D eigenvalue weighted by atomic mass is 32.2. The molecule has 0 spiro atoms. The minimum atomic E-state index is -0.438. The number of benzene rings is 1. The Morgan fingerprint density at radius 2 is 1.84 bits per heavy atom. The molecule has 0 atom stereocenters. The summed E-state index contributed by atoms with van der Waals surface area (Å²) < 4.78 is 14.6. The molecule has 2 aromatic heterocycles. The fourth-order valence-corrected chi connectivity index (χ4v) is 4.11. The van der Waals surface area contributed by atoms with Crippen molar-refractivity contribution in [2.45, 2.75) is 18.1 Å². The van der Waals surface area contributed by atoms with Crippen LogP contribution in [0.15, 0.2) is 32.9 Å². The topological polar surface area (TPSA) is 109 Å². The van der Waals surface area contributed by atoms with Gasteiger partial charge >= 0.3 is 5.69 Å². The molecule has 10 nitrogen and oxygen atoms in total. The van der Waals surface area contributed by atoms with Crippen LogP contribution in [0.5, 0.6) is 11.5 Å². The summed E-state index contributed by atoms with van der Waals surface area (Å²) >= 11 is 1.35. The summed E-state index contributed by atoms with van der Waals surface area (Å²) in [5, 5.41) is 3.44. The zero-order chi connectivity index (χ0) is 22.7. The molecule has 11 heteroatoms. The van der Waals surface area contributed by atoms with Crippen molar-refractivity contribution in [1.82, 2.24) is 24.0 Å². The molecule has 31 heavy (non-hydrogen) atoms. The first-order valence-corrected chi connectivity index (χ1v) is 10.5. The summed E-state index contributed by atoms with van der Waals surface area (Å²) in [5.41, 5.74) is 0.672. The van der Waals surface area contributed by atoms with Crippen molar-refractivity contribution in [3.05, 3.63) is 44.6 Å². The number of carbonyl (C=O) groups excluding carboxylic acids is 1. The minimum Gasteiger partial charge on any atom is -0.497 e.